The Hall–Kier alpha value is -0.677. The number of aromatic nitrogens is 1. The van der Waals surface area contributed by atoms with Crippen LogP contribution >= 0.6 is 12.6 Å². The van der Waals surface area contributed by atoms with Crippen molar-refractivity contribution in [3.05, 3.63) is 23.5 Å². The SMILES string of the molecule is O=C(O)c1nccc(S)c1C(=O)O.[Bi]. The van der Waals surface area contributed by atoms with Crippen LogP contribution in [0, 0.1) is 0 Å². The second-order valence-corrected chi connectivity index (χ2v) is 2.65. The van der Waals surface area contributed by atoms with Gasteiger partial charge in [-0.25, -0.2) is 14.6 Å². The van der Waals surface area contributed by atoms with E-state index in [1.54, 1.807) is 0 Å². The summed E-state index contributed by atoms with van der Waals surface area (Å²) < 4.78 is 0. The molecule has 0 spiro atoms. The van der Waals surface area contributed by atoms with Gasteiger partial charge in [0.05, 0.1) is 0 Å². The van der Waals surface area contributed by atoms with E-state index in [2.05, 4.69) is 17.6 Å². The molecule has 0 aliphatic carbocycles. The van der Waals surface area contributed by atoms with Crippen LogP contribution in [0.25, 0.3) is 0 Å². The molecule has 2 N–H and O–H groups in total. The molecule has 14 heavy (non-hydrogen) atoms. The maximum Gasteiger partial charge on any atom is 0.355 e. The second-order valence-electron chi connectivity index (χ2n) is 2.16. The molecule has 0 atom stereocenters. The van der Waals surface area contributed by atoms with Crippen molar-refractivity contribution < 1.29 is 19.8 Å². The van der Waals surface area contributed by atoms with Gasteiger partial charge in [-0.05, 0) is 6.07 Å². The third-order valence-corrected chi connectivity index (χ3v) is 1.72. The molecule has 0 aromatic carbocycles. The van der Waals surface area contributed by atoms with Crippen LogP contribution in [-0.2, 0) is 0 Å². The number of aromatic carboxylic acids is 2. The van der Waals surface area contributed by atoms with Gasteiger partial charge in [-0.2, -0.15) is 0 Å². The molecule has 0 saturated heterocycles. The standard InChI is InChI=1S/C7H5NO4S.Bi/c9-6(10)4-3(13)1-2-8-5(4)7(11)12;/h1-2H,(H,8,13)(H,9,10)(H,11,12);. The van der Waals surface area contributed by atoms with Crippen LogP contribution in [0.2, 0.25) is 0 Å². The Bertz CT molecular complexity index is 382. The molecule has 0 aliphatic rings. The molecule has 5 nitrogen and oxygen atoms in total. The summed E-state index contributed by atoms with van der Waals surface area (Å²) in [5.74, 6) is -2.73. The number of nitrogens with zero attached hydrogens (tertiary/aromatic N) is 1. The van der Waals surface area contributed by atoms with Crippen molar-refractivity contribution in [3.8, 4) is 0 Å². The van der Waals surface area contributed by atoms with Gasteiger partial charge in [0.2, 0.25) is 0 Å². The molecule has 1 aromatic heterocycles. The van der Waals surface area contributed by atoms with Crippen LogP contribution in [0.1, 0.15) is 20.8 Å². The van der Waals surface area contributed by atoms with Gasteiger partial charge < -0.3 is 10.2 Å². The molecule has 0 aliphatic heterocycles. The first-order valence-electron chi connectivity index (χ1n) is 3.18. The fraction of sp³-hybridized carbons (Fsp3) is 0. The minimum atomic E-state index is -1.38. The molecule has 3 radical (unpaired) electrons. The zero-order chi connectivity index (χ0) is 10.0. The number of thiol groups is 1. The van der Waals surface area contributed by atoms with Crippen molar-refractivity contribution >= 4 is 50.8 Å². The minimum absolute atomic E-state index is 0. The number of carboxylic acid groups (broad SMARTS) is 2. The van der Waals surface area contributed by atoms with E-state index in [0.717, 1.165) is 0 Å². The van der Waals surface area contributed by atoms with Crippen molar-refractivity contribution in [2.24, 2.45) is 0 Å². The third-order valence-electron chi connectivity index (χ3n) is 1.35. The van der Waals surface area contributed by atoms with E-state index in [9.17, 15) is 9.59 Å². The molecule has 0 bridgehead atoms. The number of pyridine rings is 1. The van der Waals surface area contributed by atoms with Crippen molar-refractivity contribution in [3.63, 3.8) is 0 Å². The van der Waals surface area contributed by atoms with E-state index >= 15 is 0 Å². The van der Waals surface area contributed by atoms with Gasteiger partial charge in [-0.1, -0.05) is 0 Å². The predicted molar refractivity (Wildman–Crippen MR) is 51.2 cm³/mol. The van der Waals surface area contributed by atoms with Gasteiger partial charge in [-0.15, -0.1) is 12.6 Å². The van der Waals surface area contributed by atoms with Crippen molar-refractivity contribution in [2.45, 2.75) is 4.90 Å². The maximum absolute atomic E-state index is 10.6. The Morgan fingerprint density at radius 2 is 1.86 bits per heavy atom. The summed E-state index contributed by atoms with van der Waals surface area (Å²) in [5.41, 5.74) is -0.890. The zero-order valence-corrected chi connectivity index (χ0v) is 11.1. The van der Waals surface area contributed by atoms with Gasteiger partial charge in [-0.3, -0.25) is 0 Å². The largest absolute Gasteiger partial charge is 0.478 e. The Balaban J connectivity index is 0.00000169. The number of hydrogen-bond acceptors (Lipinski definition) is 4. The van der Waals surface area contributed by atoms with Crippen LogP contribution < -0.4 is 0 Å². The summed E-state index contributed by atoms with van der Waals surface area (Å²) in [4.78, 5) is 24.6. The first-order valence-corrected chi connectivity index (χ1v) is 3.63. The Kier molecular flexibility index (Phi) is 5.01. The van der Waals surface area contributed by atoms with Crippen molar-refractivity contribution in [1.82, 2.24) is 4.98 Å². The Morgan fingerprint density at radius 1 is 1.29 bits per heavy atom. The maximum atomic E-state index is 10.6. The van der Waals surface area contributed by atoms with Gasteiger partial charge >= 0.3 is 11.9 Å². The Morgan fingerprint density at radius 3 is 2.21 bits per heavy atom. The molecule has 1 aromatic rings. The number of rotatable bonds is 2. The third kappa shape index (κ3) is 2.65. The summed E-state index contributed by atoms with van der Waals surface area (Å²) in [6, 6.07) is 1.32. The van der Waals surface area contributed by atoms with E-state index in [0.29, 0.717) is 0 Å². The van der Waals surface area contributed by atoms with E-state index in [1.165, 1.54) is 12.3 Å². The van der Waals surface area contributed by atoms with Crippen LogP contribution in [0.3, 0.4) is 0 Å². The topological polar surface area (TPSA) is 87.5 Å². The van der Waals surface area contributed by atoms with Crippen LogP contribution in [0.4, 0.5) is 0 Å². The number of carbonyl (C=O) groups is 2. The van der Waals surface area contributed by atoms with Gasteiger partial charge in [0.1, 0.15) is 5.56 Å². The molecule has 0 amide bonds. The Labute approximate surface area is 104 Å². The van der Waals surface area contributed by atoms with E-state index in [-0.39, 0.29) is 31.1 Å². The van der Waals surface area contributed by atoms with Gasteiger partial charge in [0, 0.05) is 37.3 Å². The fourth-order valence-corrected chi connectivity index (χ4v) is 1.09. The summed E-state index contributed by atoms with van der Waals surface area (Å²) in [6.07, 6.45) is 1.19. The minimum Gasteiger partial charge on any atom is -0.478 e. The van der Waals surface area contributed by atoms with Crippen LogP contribution in [-0.4, -0.2) is 53.3 Å². The molecular formula is C7H5BiNO4S. The zero-order valence-electron chi connectivity index (χ0n) is 6.71. The molecule has 0 fully saturated rings. The summed E-state index contributed by atoms with van der Waals surface area (Å²) >= 11 is 3.82. The van der Waals surface area contributed by atoms with Crippen LogP contribution in [0.5, 0.6) is 0 Å². The molecule has 0 saturated carbocycles. The normalized spacial score (nSPS) is 8.93. The monoisotopic (exact) mass is 408 g/mol. The van der Waals surface area contributed by atoms with Gasteiger partial charge in [0.25, 0.3) is 0 Å². The first-order chi connectivity index (χ1) is 6.04. The molecular weight excluding hydrogens is 403 g/mol. The van der Waals surface area contributed by atoms with Crippen molar-refractivity contribution in [1.29, 1.82) is 0 Å². The first kappa shape index (κ1) is 13.3. The fourth-order valence-electron chi connectivity index (χ4n) is 0.825. The molecule has 1 heterocycles. The van der Waals surface area contributed by atoms with E-state index in [1.807, 2.05) is 0 Å². The summed E-state index contributed by atoms with van der Waals surface area (Å²) in [5, 5.41) is 17.2. The molecule has 1 rings (SSSR count). The average Bonchev–Trinajstić information content (AvgIpc) is 2.02. The average molecular weight is 408 g/mol. The smallest absolute Gasteiger partial charge is 0.355 e. The second kappa shape index (κ2) is 5.27. The number of carboxylic acids is 2. The number of hydrogen-bond donors (Lipinski definition) is 3. The predicted octanol–water partition coefficient (Wildman–Crippen LogP) is 0.386. The van der Waals surface area contributed by atoms with E-state index < -0.39 is 23.2 Å². The van der Waals surface area contributed by atoms with E-state index in [4.69, 9.17) is 10.2 Å². The molecule has 73 valence electrons. The molecule has 0 unspecified atom stereocenters. The van der Waals surface area contributed by atoms with Crippen LogP contribution in [0.15, 0.2) is 17.2 Å². The quantitative estimate of drug-likeness (QED) is 0.487. The van der Waals surface area contributed by atoms with Crippen molar-refractivity contribution in [2.75, 3.05) is 0 Å². The molecule has 7 heteroatoms. The summed E-state index contributed by atoms with van der Waals surface area (Å²) in [6.45, 7) is 0. The summed E-state index contributed by atoms with van der Waals surface area (Å²) in [7, 11) is 0. The van der Waals surface area contributed by atoms with Gasteiger partial charge in [0.15, 0.2) is 5.69 Å².